The van der Waals surface area contributed by atoms with Crippen molar-refractivity contribution < 1.29 is 9.84 Å². The van der Waals surface area contributed by atoms with E-state index in [1.807, 2.05) is 24.3 Å². The Kier molecular flexibility index (Phi) is 4.31. The highest BCUT2D eigenvalue weighted by molar-refractivity contribution is 5.39. The zero-order valence-corrected chi connectivity index (χ0v) is 10.4. The lowest BCUT2D eigenvalue weighted by Crippen LogP contribution is -2.04. The van der Waals surface area contributed by atoms with E-state index < -0.39 is 6.10 Å². The molecule has 1 aromatic carbocycles. The molecule has 1 atom stereocenters. The standard InChI is InChI=1S/C15H17NO2/c1-2-11-18-14-6-4-3-5-13(14)15(17)12-7-9-16-10-8-12/h3-10,15,17H,2,11H2,1H3. The molecule has 0 radical (unpaired) electrons. The zero-order chi connectivity index (χ0) is 12.8. The Balaban J connectivity index is 2.27. The molecule has 0 saturated carbocycles. The number of aromatic nitrogens is 1. The van der Waals surface area contributed by atoms with Gasteiger partial charge in [-0.3, -0.25) is 4.98 Å². The van der Waals surface area contributed by atoms with Crippen LogP contribution in [0.25, 0.3) is 0 Å². The summed E-state index contributed by atoms with van der Waals surface area (Å²) in [5.41, 5.74) is 1.61. The lowest BCUT2D eigenvalue weighted by molar-refractivity contribution is 0.210. The van der Waals surface area contributed by atoms with Gasteiger partial charge in [0.15, 0.2) is 0 Å². The molecule has 0 amide bonds. The molecule has 1 aromatic heterocycles. The van der Waals surface area contributed by atoms with Crippen LogP contribution < -0.4 is 4.74 Å². The van der Waals surface area contributed by atoms with Crippen LogP contribution >= 0.6 is 0 Å². The predicted molar refractivity (Wildman–Crippen MR) is 70.5 cm³/mol. The quantitative estimate of drug-likeness (QED) is 0.878. The number of benzene rings is 1. The van der Waals surface area contributed by atoms with E-state index >= 15 is 0 Å². The predicted octanol–water partition coefficient (Wildman–Crippen LogP) is 2.95. The summed E-state index contributed by atoms with van der Waals surface area (Å²) < 4.78 is 5.65. The van der Waals surface area contributed by atoms with Gasteiger partial charge >= 0.3 is 0 Å². The molecule has 0 aliphatic carbocycles. The van der Waals surface area contributed by atoms with E-state index in [0.29, 0.717) is 6.61 Å². The summed E-state index contributed by atoms with van der Waals surface area (Å²) in [5.74, 6) is 0.740. The lowest BCUT2D eigenvalue weighted by Gasteiger charge is -2.16. The van der Waals surface area contributed by atoms with Crippen molar-refractivity contribution in [2.24, 2.45) is 0 Å². The number of pyridine rings is 1. The molecule has 0 fully saturated rings. The number of para-hydroxylation sites is 1. The Bertz CT molecular complexity index is 485. The van der Waals surface area contributed by atoms with Gasteiger partial charge in [-0.05, 0) is 30.2 Å². The van der Waals surface area contributed by atoms with Crippen LogP contribution in [0.4, 0.5) is 0 Å². The van der Waals surface area contributed by atoms with Gasteiger partial charge < -0.3 is 9.84 Å². The van der Waals surface area contributed by atoms with Crippen LogP contribution in [-0.2, 0) is 0 Å². The smallest absolute Gasteiger partial charge is 0.125 e. The van der Waals surface area contributed by atoms with Crippen LogP contribution in [0.3, 0.4) is 0 Å². The molecule has 0 saturated heterocycles. The fraction of sp³-hybridized carbons (Fsp3) is 0.267. The summed E-state index contributed by atoms with van der Waals surface area (Å²) in [6.07, 6.45) is 3.61. The molecule has 1 unspecified atom stereocenters. The van der Waals surface area contributed by atoms with Crippen LogP contribution in [0.15, 0.2) is 48.8 Å². The van der Waals surface area contributed by atoms with Crippen molar-refractivity contribution in [1.29, 1.82) is 0 Å². The van der Waals surface area contributed by atoms with E-state index in [1.54, 1.807) is 24.5 Å². The largest absolute Gasteiger partial charge is 0.493 e. The van der Waals surface area contributed by atoms with Gasteiger partial charge in [0.2, 0.25) is 0 Å². The summed E-state index contributed by atoms with van der Waals surface area (Å²) in [7, 11) is 0. The first kappa shape index (κ1) is 12.6. The Labute approximate surface area is 107 Å². The number of aliphatic hydroxyl groups is 1. The van der Waals surface area contributed by atoms with E-state index in [9.17, 15) is 5.11 Å². The fourth-order valence-electron chi connectivity index (χ4n) is 1.78. The highest BCUT2D eigenvalue weighted by Gasteiger charge is 2.14. The first-order chi connectivity index (χ1) is 8.83. The summed E-state index contributed by atoms with van der Waals surface area (Å²) >= 11 is 0. The minimum atomic E-state index is -0.680. The molecule has 1 N–H and O–H groups in total. The van der Waals surface area contributed by atoms with Crippen LogP contribution in [0.5, 0.6) is 5.75 Å². The van der Waals surface area contributed by atoms with Gasteiger partial charge in [0.05, 0.1) is 6.61 Å². The van der Waals surface area contributed by atoms with E-state index in [1.165, 1.54) is 0 Å². The molecule has 18 heavy (non-hydrogen) atoms. The average Bonchev–Trinajstić information content (AvgIpc) is 2.45. The van der Waals surface area contributed by atoms with E-state index in [4.69, 9.17) is 4.74 Å². The minimum absolute atomic E-state index is 0.653. The first-order valence-electron chi connectivity index (χ1n) is 6.12. The molecule has 94 valence electrons. The van der Waals surface area contributed by atoms with Gasteiger partial charge in [0.25, 0.3) is 0 Å². The van der Waals surface area contributed by atoms with Gasteiger partial charge in [0.1, 0.15) is 11.9 Å². The summed E-state index contributed by atoms with van der Waals surface area (Å²) in [6, 6.07) is 11.2. The van der Waals surface area contributed by atoms with Crippen molar-refractivity contribution in [3.8, 4) is 5.75 Å². The van der Waals surface area contributed by atoms with Crippen LogP contribution in [0, 0.1) is 0 Å². The Morgan fingerprint density at radius 2 is 1.89 bits per heavy atom. The Morgan fingerprint density at radius 1 is 1.17 bits per heavy atom. The number of ether oxygens (including phenoxy) is 1. The number of hydrogen-bond donors (Lipinski definition) is 1. The maximum absolute atomic E-state index is 10.4. The normalized spacial score (nSPS) is 12.1. The van der Waals surface area contributed by atoms with Gasteiger partial charge in [-0.2, -0.15) is 0 Å². The molecule has 2 rings (SSSR count). The maximum Gasteiger partial charge on any atom is 0.125 e. The minimum Gasteiger partial charge on any atom is -0.493 e. The average molecular weight is 243 g/mol. The molecule has 0 spiro atoms. The summed E-state index contributed by atoms with van der Waals surface area (Å²) in [6.45, 7) is 2.71. The second-order valence-corrected chi connectivity index (χ2v) is 4.07. The van der Waals surface area contributed by atoms with Crippen molar-refractivity contribution >= 4 is 0 Å². The molecular formula is C15H17NO2. The van der Waals surface area contributed by atoms with Gasteiger partial charge in [-0.1, -0.05) is 25.1 Å². The molecular weight excluding hydrogens is 226 g/mol. The fourth-order valence-corrected chi connectivity index (χ4v) is 1.78. The summed E-state index contributed by atoms with van der Waals surface area (Å²) in [5, 5.41) is 10.4. The van der Waals surface area contributed by atoms with Crippen molar-refractivity contribution in [2.45, 2.75) is 19.4 Å². The lowest BCUT2D eigenvalue weighted by atomic mass is 10.0. The van der Waals surface area contributed by atoms with Crippen molar-refractivity contribution in [3.63, 3.8) is 0 Å². The summed E-state index contributed by atoms with van der Waals surface area (Å²) in [4.78, 5) is 3.95. The van der Waals surface area contributed by atoms with E-state index in [0.717, 1.165) is 23.3 Å². The van der Waals surface area contributed by atoms with Crippen molar-refractivity contribution in [1.82, 2.24) is 4.98 Å². The monoisotopic (exact) mass is 243 g/mol. The second kappa shape index (κ2) is 6.17. The molecule has 2 aromatic rings. The molecule has 3 heteroatoms. The van der Waals surface area contributed by atoms with Crippen LogP contribution in [0.2, 0.25) is 0 Å². The molecule has 1 heterocycles. The van der Waals surface area contributed by atoms with E-state index in [-0.39, 0.29) is 0 Å². The third-order valence-electron chi connectivity index (χ3n) is 2.70. The molecule has 0 aliphatic heterocycles. The SMILES string of the molecule is CCCOc1ccccc1C(O)c1ccncc1. The first-order valence-corrected chi connectivity index (χ1v) is 6.12. The van der Waals surface area contributed by atoms with Crippen LogP contribution in [-0.4, -0.2) is 16.7 Å². The maximum atomic E-state index is 10.4. The topological polar surface area (TPSA) is 42.4 Å². The Morgan fingerprint density at radius 3 is 2.61 bits per heavy atom. The number of aliphatic hydroxyl groups excluding tert-OH is 1. The molecule has 0 bridgehead atoms. The third-order valence-corrected chi connectivity index (χ3v) is 2.70. The highest BCUT2D eigenvalue weighted by Crippen LogP contribution is 2.29. The van der Waals surface area contributed by atoms with Crippen LogP contribution in [0.1, 0.15) is 30.6 Å². The number of hydrogen-bond acceptors (Lipinski definition) is 3. The van der Waals surface area contributed by atoms with Crippen molar-refractivity contribution in [3.05, 3.63) is 59.9 Å². The Hall–Kier alpha value is -1.87. The van der Waals surface area contributed by atoms with Gasteiger partial charge in [-0.25, -0.2) is 0 Å². The molecule has 0 aliphatic rings. The van der Waals surface area contributed by atoms with E-state index in [2.05, 4.69) is 11.9 Å². The second-order valence-electron chi connectivity index (χ2n) is 4.07. The highest BCUT2D eigenvalue weighted by atomic mass is 16.5. The van der Waals surface area contributed by atoms with Crippen molar-refractivity contribution in [2.75, 3.05) is 6.61 Å². The zero-order valence-electron chi connectivity index (χ0n) is 10.4. The number of rotatable bonds is 5. The third kappa shape index (κ3) is 2.87. The van der Waals surface area contributed by atoms with Gasteiger partial charge in [0, 0.05) is 18.0 Å². The number of nitrogens with zero attached hydrogens (tertiary/aromatic N) is 1. The molecule has 3 nitrogen and oxygen atoms in total. The van der Waals surface area contributed by atoms with Gasteiger partial charge in [-0.15, -0.1) is 0 Å².